The molecular weight excluding hydrogens is 277 g/mol. The van der Waals surface area contributed by atoms with Crippen LogP contribution in [0.25, 0.3) is 0 Å². The van der Waals surface area contributed by atoms with Crippen LogP contribution < -0.4 is 9.64 Å². The molecule has 3 rings (SSSR count). The van der Waals surface area contributed by atoms with Crippen molar-refractivity contribution in [1.82, 2.24) is 10.1 Å². The SMILES string of the molecule is COCc1noc(CN2C[C@H](C)Oc3c(F)cccc32)n1. The van der Waals surface area contributed by atoms with E-state index in [1.807, 2.05) is 17.9 Å². The van der Waals surface area contributed by atoms with Gasteiger partial charge in [0.05, 0.1) is 18.8 Å². The zero-order valence-corrected chi connectivity index (χ0v) is 11.9. The second kappa shape index (κ2) is 5.69. The number of halogens is 1. The Morgan fingerprint density at radius 1 is 1.48 bits per heavy atom. The van der Waals surface area contributed by atoms with Gasteiger partial charge in [0.2, 0.25) is 5.89 Å². The normalized spacial score (nSPS) is 17.5. The van der Waals surface area contributed by atoms with Crippen molar-refractivity contribution in [2.75, 3.05) is 18.6 Å². The van der Waals surface area contributed by atoms with E-state index < -0.39 is 0 Å². The Bertz CT molecular complexity index is 632. The van der Waals surface area contributed by atoms with Gasteiger partial charge in [-0.05, 0) is 19.1 Å². The van der Waals surface area contributed by atoms with E-state index in [-0.39, 0.29) is 17.7 Å². The average Bonchev–Trinajstić information content (AvgIpc) is 2.88. The Balaban J connectivity index is 1.84. The highest BCUT2D eigenvalue weighted by Gasteiger charge is 2.26. The smallest absolute Gasteiger partial charge is 0.246 e. The van der Waals surface area contributed by atoms with Crippen LogP contribution in [-0.2, 0) is 17.9 Å². The topological polar surface area (TPSA) is 60.6 Å². The van der Waals surface area contributed by atoms with Crippen LogP contribution in [0, 0.1) is 5.82 Å². The largest absolute Gasteiger partial charge is 0.484 e. The minimum absolute atomic E-state index is 0.115. The third-order valence-corrected chi connectivity index (χ3v) is 3.19. The predicted octanol–water partition coefficient (Wildman–Crippen LogP) is 2.14. The number of anilines is 1. The van der Waals surface area contributed by atoms with E-state index in [0.29, 0.717) is 37.1 Å². The molecule has 0 fully saturated rings. The van der Waals surface area contributed by atoms with Crippen molar-refractivity contribution in [1.29, 1.82) is 0 Å². The first-order chi connectivity index (χ1) is 10.2. The molecule has 1 aromatic heterocycles. The molecule has 0 saturated carbocycles. The summed E-state index contributed by atoms with van der Waals surface area (Å²) in [6.45, 7) is 3.22. The zero-order valence-electron chi connectivity index (χ0n) is 11.9. The van der Waals surface area contributed by atoms with Crippen molar-refractivity contribution < 1.29 is 18.4 Å². The van der Waals surface area contributed by atoms with Crippen LogP contribution in [0.15, 0.2) is 22.7 Å². The van der Waals surface area contributed by atoms with E-state index in [9.17, 15) is 4.39 Å². The molecule has 6 nitrogen and oxygen atoms in total. The first kappa shape index (κ1) is 13.8. The molecule has 2 aromatic rings. The molecule has 1 aromatic carbocycles. The number of methoxy groups -OCH3 is 1. The van der Waals surface area contributed by atoms with Crippen molar-refractivity contribution >= 4 is 5.69 Å². The fraction of sp³-hybridized carbons (Fsp3) is 0.429. The van der Waals surface area contributed by atoms with Crippen molar-refractivity contribution in [2.45, 2.75) is 26.2 Å². The van der Waals surface area contributed by atoms with Gasteiger partial charge < -0.3 is 18.9 Å². The van der Waals surface area contributed by atoms with E-state index in [4.69, 9.17) is 14.0 Å². The lowest BCUT2D eigenvalue weighted by atomic mass is 10.2. The number of nitrogens with zero attached hydrogens (tertiary/aromatic N) is 3. The molecule has 2 heterocycles. The molecule has 1 aliphatic rings. The Morgan fingerprint density at radius 2 is 2.33 bits per heavy atom. The van der Waals surface area contributed by atoms with Crippen LogP contribution in [0.5, 0.6) is 5.75 Å². The second-order valence-corrected chi connectivity index (χ2v) is 4.93. The molecule has 7 heteroatoms. The molecule has 1 aliphatic heterocycles. The predicted molar refractivity (Wildman–Crippen MR) is 72.6 cm³/mol. The number of rotatable bonds is 4. The molecule has 112 valence electrons. The van der Waals surface area contributed by atoms with Gasteiger partial charge in [0.25, 0.3) is 0 Å². The summed E-state index contributed by atoms with van der Waals surface area (Å²) in [6, 6.07) is 4.86. The molecule has 0 unspecified atom stereocenters. The van der Waals surface area contributed by atoms with Crippen molar-refractivity contribution in [3.8, 4) is 5.75 Å². The molecule has 0 bridgehead atoms. The van der Waals surface area contributed by atoms with Crippen LogP contribution in [0.2, 0.25) is 0 Å². The van der Waals surface area contributed by atoms with Gasteiger partial charge in [-0.15, -0.1) is 0 Å². The number of hydrogen-bond acceptors (Lipinski definition) is 6. The monoisotopic (exact) mass is 293 g/mol. The standard InChI is InChI=1S/C14H16FN3O3/c1-9-6-18(7-13-16-12(8-19-2)17-21-13)11-5-3-4-10(15)14(11)20-9/h3-5,9H,6-8H2,1-2H3/t9-/m0/s1. The number of ether oxygens (including phenoxy) is 2. The first-order valence-corrected chi connectivity index (χ1v) is 6.68. The lowest BCUT2D eigenvalue weighted by Gasteiger charge is -2.34. The van der Waals surface area contributed by atoms with Crippen LogP contribution in [-0.4, -0.2) is 29.9 Å². The summed E-state index contributed by atoms with van der Waals surface area (Å²) in [5.74, 6) is 0.863. The molecule has 0 N–H and O–H groups in total. The van der Waals surface area contributed by atoms with E-state index in [1.165, 1.54) is 6.07 Å². The van der Waals surface area contributed by atoms with Gasteiger partial charge in [-0.1, -0.05) is 11.2 Å². The summed E-state index contributed by atoms with van der Waals surface area (Å²) >= 11 is 0. The highest BCUT2D eigenvalue weighted by Crippen LogP contribution is 2.36. The van der Waals surface area contributed by atoms with Crippen LogP contribution in [0.4, 0.5) is 10.1 Å². The quantitative estimate of drug-likeness (QED) is 0.860. The highest BCUT2D eigenvalue weighted by molar-refractivity contribution is 5.60. The van der Waals surface area contributed by atoms with Gasteiger partial charge in [0, 0.05) is 7.11 Å². The third kappa shape index (κ3) is 2.82. The minimum Gasteiger partial charge on any atom is -0.484 e. The molecular formula is C14H16FN3O3. The molecule has 0 aliphatic carbocycles. The van der Waals surface area contributed by atoms with Crippen LogP contribution in [0.1, 0.15) is 18.6 Å². The van der Waals surface area contributed by atoms with E-state index >= 15 is 0 Å². The maximum Gasteiger partial charge on any atom is 0.246 e. The Kier molecular flexibility index (Phi) is 3.74. The summed E-state index contributed by atoms with van der Waals surface area (Å²) in [7, 11) is 1.57. The summed E-state index contributed by atoms with van der Waals surface area (Å²) < 4.78 is 29.5. The lowest BCUT2D eigenvalue weighted by molar-refractivity contribution is 0.174. The Morgan fingerprint density at radius 3 is 3.14 bits per heavy atom. The van der Waals surface area contributed by atoms with Gasteiger partial charge >= 0.3 is 0 Å². The summed E-state index contributed by atoms with van der Waals surface area (Å²) in [5, 5.41) is 3.82. The maximum absolute atomic E-state index is 13.8. The zero-order chi connectivity index (χ0) is 14.8. The molecule has 0 radical (unpaired) electrons. The minimum atomic E-state index is -0.366. The second-order valence-electron chi connectivity index (χ2n) is 4.93. The van der Waals surface area contributed by atoms with Crippen molar-refractivity contribution in [3.05, 3.63) is 35.7 Å². The number of hydrogen-bond donors (Lipinski definition) is 0. The third-order valence-electron chi connectivity index (χ3n) is 3.19. The van der Waals surface area contributed by atoms with Gasteiger partial charge in [-0.2, -0.15) is 4.98 Å². The van der Waals surface area contributed by atoms with Gasteiger partial charge in [0.1, 0.15) is 12.7 Å². The van der Waals surface area contributed by atoms with Crippen molar-refractivity contribution in [3.63, 3.8) is 0 Å². The van der Waals surface area contributed by atoms with Crippen LogP contribution >= 0.6 is 0 Å². The summed E-state index contributed by atoms with van der Waals surface area (Å²) in [4.78, 5) is 6.20. The number of fused-ring (bicyclic) bond motifs is 1. The summed E-state index contributed by atoms with van der Waals surface area (Å²) in [5.41, 5.74) is 0.694. The summed E-state index contributed by atoms with van der Waals surface area (Å²) in [6.07, 6.45) is -0.115. The Hall–Kier alpha value is -2.15. The van der Waals surface area contributed by atoms with E-state index in [0.717, 1.165) is 0 Å². The maximum atomic E-state index is 13.8. The van der Waals surface area contributed by atoms with Crippen LogP contribution in [0.3, 0.4) is 0 Å². The highest BCUT2D eigenvalue weighted by atomic mass is 19.1. The molecule has 0 saturated heterocycles. The average molecular weight is 293 g/mol. The van der Waals surface area contributed by atoms with Gasteiger partial charge in [0.15, 0.2) is 17.4 Å². The lowest BCUT2D eigenvalue weighted by Crippen LogP contribution is -2.38. The first-order valence-electron chi connectivity index (χ1n) is 6.68. The number of para-hydroxylation sites is 1. The van der Waals surface area contributed by atoms with Crippen molar-refractivity contribution in [2.24, 2.45) is 0 Å². The van der Waals surface area contributed by atoms with Gasteiger partial charge in [-0.25, -0.2) is 4.39 Å². The number of aromatic nitrogens is 2. The van der Waals surface area contributed by atoms with Gasteiger partial charge in [-0.3, -0.25) is 0 Å². The molecule has 0 spiro atoms. The fourth-order valence-corrected chi connectivity index (χ4v) is 2.37. The molecule has 1 atom stereocenters. The number of benzene rings is 1. The molecule has 0 amide bonds. The van der Waals surface area contributed by atoms with E-state index in [1.54, 1.807) is 13.2 Å². The fourth-order valence-electron chi connectivity index (χ4n) is 2.37. The molecule has 21 heavy (non-hydrogen) atoms. The Labute approximate surface area is 121 Å². The van der Waals surface area contributed by atoms with E-state index in [2.05, 4.69) is 10.1 Å².